The van der Waals surface area contributed by atoms with Crippen LogP contribution in [0.2, 0.25) is 0 Å². The molecule has 2 saturated heterocycles. The summed E-state index contributed by atoms with van der Waals surface area (Å²) in [7, 11) is -3.52. The second-order valence-electron chi connectivity index (χ2n) is 5.94. The maximum absolute atomic E-state index is 12.9. The first kappa shape index (κ1) is 14.1. The fourth-order valence-electron chi connectivity index (χ4n) is 3.43. The fourth-order valence-corrected chi connectivity index (χ4v) is 5.04. The third-order valence-electron chi connectivity index (χ3n) is 4.71. The number of hydrogen-bond donors (Lipinski definition) is 0. The van der Waals surface area contributed by atoms with Gasteiger partial charge in [-0.15, -0.1) is 0 Å². The van der Waals surface area contributed by atoms with Crippen LogP contribution in [0, 0.1) is 11.8 Å². The van der Waals surface area contributed by atoms with Gasteiger partial charge in [-0.05, 0) is 36.8 Å². The number of fused-ring (bicyclic) bond motifs is 1. The SMILES string of the molecule is O=S(=O)(c1cnn2ncccc12)N1CCC(C2CCOC2)C1. The van der Waals surface area contributed by atoms with Gasteiger partial charge in [-0.2, -0.15) is 19.1 Å². The van der Waals surface area contributed by atoms with E-state index in [1.807, 2.05) is 0 Å². The zero-order valence-corrected chi connectivity index (χ0v) is 12.9. The molecule has 2 aromatic rings. The van der Waals surface area contributed by atoms with Crippen molar-refractivity contribution in [3.63, 3.8) is 0 Å². The molecule has 0 spiro atoms. The highest BCUT2D eigenvalue weighted by Crippen LogP contribution is 2.33. The molecule has 2 unspecified atom stereocenters. The van der Waals surface area contributed by atoms with Gasteiger partial charge in [0.15, 0.2) is 0 Å². The van der Waals surface area contributed by atoms with Crippen LogP contribution in [0.5, 0.6) is 0 Å². The van der Waals surface area contributed by atoms with Crippen LogP contribution in [-0.4, -0.2) is 53.9 Å². The van der Waals surface area contributed by atoms with Crippen molar-refractivity contribution < 1.29 is 13.2 Å². The van der Waals surface area contributed by atoms with Gasteiger partial charge < -0.3 is 4.74 Å². The van der Waals surface area contributed by atoms with Crippen LogP contribution in [0.25, 0.3) is 5.52 Å². The number of rotatable bonds is 3. The van der Waals surface area contributed by atoms with Crippen LogP contribution in [0.15, 0.2) is 29.4 Å². The van der Waals surface area contributed by atoms with Crippen molar-refractivity contribution in [1.29, 1.82) is 0 Å². The summed E-state index contributed by atoms with van der Waals surface area (Å²) in [6.45, 7) is 2.71. The van der Waals surface area contributed by atoms with E-state index in [9.17, 15) is 8.42 Å². The van der Waals surface area contributed by atoms with Crippen molar-refractivity contribution in [2.45, 2.75) is 17.7 Å². The highest BCUT2D eigenvalue weighted by Gasteiger charge is 2.38. The van der Waals surface area contributed by atoms with Gasteiger partial charge in [-0.25, -0.2) is 8.42 Å². The van der Waals surface area contributed by atoms with Crippen molar-refractivity contribution in [2.75, 3.05) is 26.3 Å². The van der Waals surface area contributed by atoms with Gasteiger partial charge in [-0.3, -0.25) is 0 Å². The molecular weight excluding hydrogens is 304 g/mol. The van der Waals surface area contributed by atoms with Crippen molar-refractivity contribution >= 4 is 15.5 Å². The highest BCUT2D eigenvalue weighted by molar-refractivity contribution is 7.89. The first-order valence-corrected chi connectivity index (χ1v) is 8.97. The second kappa shape index (κ2) is 5.29. The summed E-state index contributed by atoms with van der Waals surface area (Å²) in [6.07, 6.45) is 4.93. The summed E-state index contributed by atoms with van der Waals surface area (Å²) in [5.41, 5.74) is 0.523. The van der Waals surface area contributed by atoms with Crippen LogP contribution in [0.1, 0.15) is 12.8 Å². The van der Waals surface area contributed by atoms with Gasteiger partial charge in [-0.1, -0.05) is 0 Å². The highest BCUT2D eigenvalue weighted by atomic mass is 32.2. The van der Waals surface area contributed by atoms with Crippen LogP contribution < -0.4 is 0 Å². The summed E-state index contributed by atoms with van der Waals surface area (Å²) >= 11 is 0. The summed E-state index contributed by atoms with van der Waals surface area (Å²) in [5.74, 6) is 0.892. The molecule has 22 heavy (non-hydrogen) atoms. The molecule has 0 amide bonds. The fraction of sp³-hybridized carbons (Fsp3) is 0.571. The number of nitrogens with zero attached hydrogens (tertiary/aromatic N) is 4. The Kier molecular flexibility index (Phi) is 3.39. The minimum Gasteiger partial charge on any atom is -0.381 e. The molecule has 4 rings (SSSR count). The Bertz CT molecular complexity index is 782. The minimum atomic E-state index is -3.52. The molecule has 0 radical (unpaired) electrons. The van der Waals surface area contributed by atoms with E-state index in [1.165, 1.54) is 10.8 Å². The van der Waals surface area contributed by atoms with E-state index in [0.717, 1.165) is 26.1 Å². The lowest BCUT2D eigenvalue weighted by Crippen LogP contribution is -2.30. The van der Waals surface area contributed by atoms with E-state index >= 15 is 0 Å². The Morgan fingerprint density at radius 1 is 1.23 bits per heavy atom. The molecule has 118 valence electrons. The van der Waals surface area contributed by atoms with Crippen LogP contribution in [-0.2, 0) is 14.8 Å². The second-order valence-corrected chi connectivity index (χ2v) is 7.85. The van der Waals surface area contributed by atoms with Gasteiger partial charge in [0.25, 0.3) is 0 Å². The Hall–Kier alpha value is -1.51. The molecule has 0 aromatic carbocycles. The quantitative estimate of drug-likeness (QED) is 0.834. The van der Waals surface area contributed by atoms with Gasteiger partial charge in [0.05, 0.1) is 6.20 Å². The summed E-state index contributed by atoms with van der Waals surface area (Å²) in [6, 6.07) is 3.45. The van der Waals surface area contributed by atoms with Gasteiger partial charge in [0, 0.05) is 32.5 Å². The average molecular weight is 322 g/mol. The molecule has 7 nitrogen and oxygen atoms in total. The van der Waals surface area contributed by atoms with Crippen molar-refractivity contribution in [3.05, 3.63) is 24.5 Å². The monoisotopic (exact) mass is 322 g/mol. The van der Waals surface area contributed by atoms with Gasteiger partial charge >= 0.3 is 0 Å². The van der Waals surface area contributed by atoms with E-state index in [1.54, 1.807) is 22.6 Å². The van der Waals surface area contributed by atoms with Gasteiger partial charge in [0.1, 0.15) is 10.4 Å². The lowest BCUT2D eigenvalue weighted by Gasteiger charge is -2.18. The molecule has 0 N–H and O–H groups in total. The summed E-state index contributed by atoms with van der Waals surface area (Å²) in [5, 5.41) is 8.06. The van der Waals surface area contributed by atoms with Crippen LogP contribution >= 0.6 is 0 Å². The molecule has 0 aliphatic carbocycles. The predicted octanol–water partition coefficient (Wildman–Crippen LogP) is 0.776. The van der Waals surface area contributed by atoms with E-state index in [-0.39, 0.29) is 4.90 Å². The molecule has 2 fully saturated rings. The van der Waals surface area contributed by atoms with Gasteiger partial charge in [0.2, 0.25) is 10.0 Å². The first-order chi connectivity index (χ1) is 10.7. The zero-order chi connectivity index (χ0) is 15.2. The number of hydrogen-bond acceptors (Lipinski definition) is 5. The Labute approximate surface area is 128 Å². The van der Waals surface area contributed by atoms with E-state index in [4.69, 9.17) is 4.74 Å². The number of aromatic nitrogens is 3. The van der Waals surface area contributed by atoms with E-state index in [0.29, 0.717) is 30.4 Å². The molecule has 0 saturated carbocycles. The lowest BCUT2D eigenvalue weighted by atomic mass is 9.91. The number of ether oxygens (including phenoxy) is 1. The molecule has 4 heterocycles. The van der Waals surface area contributed by atoms with Crippen molar-refractivity contribution in [1.82, 2.24) is 19.1 Å². The largest absolute Gasteiger partial charge is 0.381 e. The zero-order valence-electron chi connectivity index (χ0n) is 12.1. The molecule has 2 atom stereocenters. The molecule has 2 aliphatic heterocycles. The summed E-state index contributed by atoms with van der Waals surface area (Å²) in [4.78, 5) is 0.240. The molecular formula is C14H18N4O3S. The molecule has 8 heteroatoms. The van der Waals surface area contributed by atoms with E-state index < -0.39 is 10.0 Å². The Balaban J connectivity index is 1.61. The Morgan fingerprint density at radius 3 is 2.95 bits per heavy atom. The number of sulfonamides is 1. The maximum atomic E-state index is 12.9. The minimum absolute atomic E-state index is 0.240. The van der Waals surface area contributed by atoms with Crippen LogP contribution in [0.4, 0.5) is 0 Å². The van der Waals surface area contributed by atoms with Crippen molar-refractivity contribution in [2.24, 2.45) is 11.8 Å². The standard InChI is InChI=1S/C14H18N4O3S/c19-22(20,14-8-16-18-13(14)2-1-5-15-18)17-6-3-11(9-17)12-4-7-21-10-12/h1-2,5,8,11-12H,3-4,6-7,9-10H2. The Morgan fingerprint density at radius 2 is 2.14 bits per heavy atom. The molecule has 2 aliphatic rings. The maximum Gasteiger partial charge on any atom is 0.246 e. The first-order valence-electron chi connectivity index (χ1n) is 7.53. The average Bonchev–Trinajstić information content (AvgIpc) is 3.26. The normalized spacial score (nSPS) is 26.9. The topological polar surface area (TPSA) is 76.8 Å². The molecule has 2 aromatic heterocycles. The smallest absolute Gasteiger partial charge is 0.246 e. The lowest BCUT2D eigenvalue weighted by molar-refractivity contribution is 0.173. The van der Waals surface area contributed by atoms with E-state index in [2.05, 4.69) is 10.2 Å². The predicted molar refractivity (Wildman–Crippen MR) is 78.8 cm³/mol. The van der Waals surface area contributed by atoms with Crippen molar-refractivity contribution in [3.8, 4) is 0 Å². The third kappa shape index (κ3) is 2.22. The third-order valence-corrected chi connectivity index (χ3v) is 6.59. The summed E-state index contributed by atoms with van der Waals surface area (Å²) < 4.78 is 34.1. The molecule has 0 bridgehead atoms. The van der Waals surface area contributed by atoms with Crippen LogP contribution in [0.3, 0.4) is 0 Å².